The maximum absolute atomic E-state index is 10.4. The molecule has 19 heavy (non-hydrogen) atoms. The van der Waals surface area contributed by atoms with Gasteiger partial charge in [-0.1, -0.05) is 34.4 Å². The molecule has 0 amide bonds. The van der Waals surface area contributed by atoms with Crippen molar-refractivity contribution < 1.29 is 14.4 Å². The van der Waals surface area contributed by atoms with Crippen LogP contribution < -0.4 is 0 Å². The van der Waals surface area contributed by atoms with Gasteiger partial charge in [0.05, 0.1) is 10.0 Å². The fourth-order valence-corrected chi connectivity index (χ4v) is 2.30. The van der Waals surface area contributed by atoms with Crippen molar-refractivity contribution in [1.82, 2.24) is 5.16 Å². The number of halogens is 2. The highest BCUT2D eigenvalue weighted by molar-refractivity contribution is 6.39. The third kappa shape index (κ3) is 3.49. The molecule has 0 unspecified atom stereocenters. The number of benzene rings is 1. The molecule has 0 aliphatic rings. The number of hydrogen-bond donors (Lipinski definition) is 1. The smallest absolute Gasteiger partial charge is 0.303 e. The number of aromatic nitrogens is 1. The lowest BCUT2D eigenvalue weighted by Gasteiger charge is -2.01. The van der Waals surface area contributed by atoms with Crippen LogP contribution in [0.25, 0.3) is 11.3 Å². The first-order chi connectivity index (χ1) is 9.08. The van der Waals surface area contributed by atoms with E-state index >= 15 is 0 Å². The zero-order chi connectivity index (χ0) is 13.8. The molecule has 6 heteroatoms. The molecule has 0 saturated heterocycles. The van der Waals surface area contributed by atoms with Gasteiger partial charge in [0.25, 0.3) is 0 Å². The van der Waals surface area contributed by atoms with Crippen molar-refractivity contribution in [2.24, 2.45) is 0 Å². The van der Waals surface area contributed by atoms with Crippen molar-refractivity contribution in [3.05, 3.63) is 40.1 Å². The summed E-state index contributed by atoms with van der Waals surface area (Å²) in [7, 11) is 0. The van der Waals surface area contributed by atoms with Crippen LogP contribution >= 0.6 is 23.2 Å². The monoisotopic (exact) mass is 299 g/mol. The standard InChI is InChI=1S/C13H11Cl2NO3/c14-9-4-2-5-10(15)13(9)11-7-8(19-16-11)3-1-6-12(17)18/h2,4-5,7H,1,3,6H2,(H,17,18). The summed E-state index contributed by atoms with van der Waals surface area (Å²) in [6.45, 7) is 0. The number of nitrogens with zero attached hydrogens (tertiary/aromatic N) is 1. The Balaban J connectivity index is 2.15. The highest BCUT2D eigenvalue weighted by atomic mass is 35.5. The summed E-state index contributed by atoms with van der Waals surface area (Å²) in [5.74, 6) is -0.207. The van der Waals surface area contributed by atoms with Gasteiger partial charge in [0.1, 0.15) is 11.5 Å². The van der Waals surface area contributed by atoms with E-state index in [2.05, 4.69) is 5.16 Å². The molecular weight excluding hydrogens is 289 g/mol. The molecule has 0 aliphatic heterocycles. The van der Waals surface area contributed by atoms with Gasteiger partial charge in [-0.2, -0.15) is 0 Å². The molecular formula is C13H11Cl2NO3. The summed E-state index contributed by atoms with van der Waals surface area (Å²) >= 11 is 12.2. The molecule has 2 aromatic rings. The number of carboxylic acid groups (broad SMARTS) is 1. The molecule has 2 rings (SSSR count). The first-order valence-corrected chi connectivity index (χ1v) is 6.45. The summed E-state index contributed by atoms with van der Waals surface area (Å²) in [5, 5.41) is 13.5. The highest BCUT2D eigenvalue weighted by Gasteiger charge is 2.13. The summed E-state index contributed by atoms with van der Waals surface area (Å²) in [5.41, 5.74) is 1.18. The van der Waals surface area contributed by atoms with Gasteiger partial charge in [-0.05, 0) is 18.6 Å². The predicted octanol–water partition coefficient (Wildman–Crippen LogP) is 4.06. The number of carboxylic acids is 1. The van der Waals surface area contributed by atoms with Gasteiger partial charge >= 0.3 is 5.97 Å². The van der Waals surface area contributed by atoms with Crippen LogP contribution in [0.5, 0.6) is 0 Å². The van der Waals surface area contributed by atoms with Crippen LogP contribution in [0.3, 0.4) is 0 Å². The highest BCUT2D eigenvalue weighted by Crippen LogP contribution is 2.34. The third-order valence-corrected chi connectivity index (χ3v) is 3.22. The Hall–Kier alpha value is -1.52. The zero-order valence-electron chi connectivity index (χ0n) is 9.90. The van der Waals surface area contributed by atoms with Gasteiger partial charge < -0.3 is 9.63 Å². The first kappa shape index (κ1) is 13.9. The number of carbonyl (C=O) groups is 1. The second-order valence-electron chi connectivity index (χ2n) is 4.02. The molecule has 4 nitrogen and oxygen atoms in total. The Bertz CT molecular complexity index is 575. The van der Waals surface area contributed by atoms with E-state index in [0.29, 0.717) is 39.9 Å². The molecule has 1 heterocycles. The number of hydrogen-bond acceptors (Lipinski definition) is 3. The van der Waals surface area contributed by atoms with Crippen molar-refractivity contribution in [1.29, 1.82) is 0 Å². The van der Waals surface area contributed by atoms with E-state index in [-0.39, 0.29) is 6.42 Å². The van der Waals surface area contributed by atoms with Gasteiger partial charge in [-0.25, -0.2) is 0 Å². The summed E-state index contributed by atoms with van der Waals surface area (Å²) in [6, 6.07) is 6.93. The molecule has 0 atom stereocenters. The van der Waals surface area contributed by atoms with Gasteiger partial charge in [0, 0.05) is 24.5 Å². The number of rotatable bonds is 5. The van der Waals surface area contributed by atoms with Crippen molar-refractivity contribution in [2.45, 2.75) is 19.3 Å². The van der Waals surface area contributed by atoms with Gasteiger partial charge in [-0.15, -0.1) is 0 Å². The van der Waals surface area contributed by atoms with E-state index in [4.69, 9.17) is 32.8 Å². The van der Waals surface area contributed by atoms with Crippen molar-refractivity contribution in [2.75, 3.05) is 0 Å². The van der Waals surface area contributed by atoms with Crippen molar-refractivity contribution >= 4 is 29.2 Å². The van der Waals surface area contributed by atoms with Gasteiger partial charge in [0.2, 0.25) is 0 Å². The molecule has 0 aliphatic carbocycles. The van der Waals surface area contributed by atoms with Gasteiger partial charge in [0.15, 0.2) is 0 Å². The van der Waals surface area contributed by atoms with Crippen molar-refractivity contribution in [3.8, 4) is 11.3 Å². The lowest BCUT2D eigenvalue weighted by molar-refractivity contribution is -0.137. The SMILES string of the molecule is O=C(O)CCCc1cc(-c2c(Cl)cccc2Cl)no1. The van der Waals surface area contributed by atoms with Crippen LogP contribution in [0.2, 0.25) is 10.0 Å². The first-order valence-electron chi connectivity index (χ1n) is 5.69. The van der Waals surface area contributed by atoms with Crippen molar-refractivity contribution in [3.63, 3.8) is 0 Å². The van der Waals surface area contributed by atoms with Crippen LogP contribution in [0.1, 0.15) is 18.6 Å². The summed E-state index contributed by atoms with van der Waals surface area (Å²) < 4.78 is 5.15. The maximum atomic E-state index is 10.4. The summed E-state index contributed by atoms with van der Waals surface area (Å²) in [4.78, 5) is 10.4. The molecule has 1 aromatic carbocycles. The second-order valence-corrected chi connectivity index (χ2v) is 4.84. The molecule has 0 radical (unpaired) electrons. The number of aliphatic carboxylic acids is 1. The average Bonchev–Trinajstić information content (AvgIpc) is 2.77. The fourth-order valence-electron chi connectivity index (χ4n) is 1.70. The van der Waals surface area contributed by atoms with E-state index < -0.39 is 5.97 Å². The maximum Gasteiger partial charge on any atom is 0.303 e. The third-order valence-electron chi connectivity index (χ3n) is 2.59. The predicted molar refractivity (Wildman–Crippen MR) is 72.5 cm³/mol. The van der Waals surface area contributed by atoms with E-state index in [1.807, 2.05) is 0 Å². The number of aryl methyl sites for hydroxylation is 1. The normalized spacial score (nSPS) is 10.6. The van der Waals surface area contributed by atoms with Crippen LogP contribution in [0, 0.1) is 0 Å². The molecule has 0 fully saturated rings. The minimum atomic E-state index is -0.825. The average molecular weight is 300 g/mol. The van der Waals surface area contributed by atoms with Gasteiger partial charge in [-0.3, -0.25) is 4.79 Å². The Morgan fingerprint density at radius 1 is 1.32 bits per heavy atom. The largest absolute Gasteiger partial charge is 0.481 e. The fraction of sp³-hybridized carbons (Fsp3) is 0.231. The molecule has 0 spiro atoms. The Morgan fingerprint density at radius 3 is 2.63 bits per heavy atom. The second kappa shape index (κ2) is 6.08. The van der Waals surface area contributed by atoms with Crippen LogP contribution in [-0.4, -0.2) is 16.2 Å². The zero-order valence-corrected chi connectivity index (χ0v) is 11.4. The van der Waals surface area contributed by atoms with E-state index in [1.165, 1.54) is 0 Å². The molecule has 100 valence electrons. The molecule has 1 N–H and O–H groups in total. The minimum absolute atomic E-state index is 0.100. The molecule has 0 saturated carbocycles. The van der Waals surface area contributed by atoms with Crippen LogP contribution in [-0.2, 0) is 11.2 Å². The van der Waals surface area contributed by atoms with E-state index in [1.54, 1.807) is 24.3 Å². The summed E-state index contributed by atoms with van der Waals surface area (Å²) in [6.07, 6.45) is 1.12. The van der Waals surface area contributed by atoms with E-state index in [0.717, 1.165) is 0 Å². The quantitative estimate of drug-likeness (QED) is 0.904. The molecule has 0 bridgehead atoms. The lowest BCUT2D eigenvalue weighted by Crippen LogP contribution is -1.95. The lowest BCUT2D eigenvalue weighted by atomic mass is 10.1. The Kier molecular flexibility index (Phi) is 4.45. The van der Waals surface area contributed by atoms with E-state index in [9.17, 15) is 4.79 Å². The minimum Gasteiger partial charge on any atom is -0.481 e. The van der Waals surface area contributed by atoms with Crippen LogP contribution in [0.15, 0.2) is 28.8 Å². The Labute approximate surface area is 119 Å². The van der Waals surface area contributed by atoms with Crippen LogP contribution in [0.4, 0.5) is 0 Å². The molecule has 1 aromatic heterocycles. The Morgan fingerprint density at radius 2 is 2.00 bits per heavy atom. The topological polar surface area (TPSA) is 63.3 Å².